The predicted octanol–water partition coefficient (Wildman–Crippen LogP) is 2.01. The van der Waals surface area contributed by atoms with Gasteiger partial charge < -0.3 is 9.84 Å². The van der Waals surface area contributed by atoms with E-state index in [2.05, 4.69) is 10.5 Å². The van der Waals surface area contributed by atoms with Gasteiger partial charge in [0.05, 0.1) is 16.1 Å². The number of aromatic nitrogens is 1. The molecule has 0 saturated carbocycles. The number of carbonyl (C=O) groups excluding carboxylic acids is 1. The molecule has 0 fully saturated rings. The minimum absolute atomic E-state index is 0.134. The van der Waals surface area contributed by atoms with Gasteiger partial charge in [0.1, 0.15) is 5.76 Å². The molecular weight excluding hydrogens is 321 g/mol. The van der Waals surface area contributed by atoms with Gasteiger partial charge in [-0.05, 0) is 35.9 Å². The number of hydrogen-bond donors (Lipinski definition) is 1. The minimum atomic E-state index is -0.289. The van der Waals surface area contributed by atoms with Crippen molar-refractivity contribution in [2.45, 2.75) is 32.7 Å². The first-order valence-corrected chi connectivity index (χ1v) is 5.97. The Morgan fingerprint density at radius 3 is 2.88 bits per heavy atom. The average molecular weight is 333 g/mol. The second-order valence-electron chi connectivity index (χ2n) is 3.34. The molecule has 0 spiro atoms. The van der Waals surface area contributed by atoms with Crippen LogP contribution in [0.3, 0.4) is 0 Å². The monoisotopic (exact) mass is 333 g/mol. The number of rotatable bonds is 4. The summed E-state index contributed by atoms with van der Waals surface area (Å²) in [6, 6.07) is 1.90. The van der Waals surface area contributed by atoms with E-state index in [-0.39, 0.29) is 17.6 Å². The third-order valence-electron chi connectivity index (χ3n) is 2.17. The SMILES string of the molecule is CCC(CC#N)NC(=O)c1noc(C)c1I. The Labute approximate surface area is 107 Å². The van der Waals surface area contributed by atoms with Crippen molar-refractivity contribution in [2.75, 3.05) is 0 Å². The lowest BCUT2D eigenvalue weighted by Crippen LogP contribution is -2.34. The second kappa shape index (κ2) is 5.84. The Morgan fingerprint density at radius 1 is 1.75 bits per heavy atom. The molecule has 1 rings (SSSR count). The number of nitriles is 1. The van der Waals surface area contributed by atoms with Crippen LogP contribution in [0.25, 0.3) is 0 Å². The molecule has 1 unspecified atom stereocenters. The number of halogens is 1. The molecule has 1 aromatic rings. The molecule has 1 N–H and O–H groups in total. The van der Waals surface area contributed by atoms with Gasteiger partial charge >= 0.3 is 0 Å². The molecule has 1 amide bonds. The van der Waals surface area contributed by atoms with E-state index in [0.717, 1.165) is 0 Å². The summed E-state index contributed by atoms with van der Waals surface area (Å²) in [4.78, 5) is 11.8. The van der Waals surface area contributed by atoms with E-state index in [4.69, 9.17) is 9.78 Å². The molecule has 0 bridgehead atoms. The summed E-state index contributed by atoms with van der Waals surface area (Å²) >= 11 is 2.01. The zero-order valence-electron chi connectivity index (χ0n) is 9.08. The first kappa shape index (κ1) is 13.0. The zero-order valence-corrected chi connectivity index (χ0v) is 11.2. The molecule has 16 heavy (non-hydrogen) atoms. The molecule has 0 aliphatic rings. The lowest BCUT2D eigenvalue weighted by molar-refractivity contribution is 0.0926. The van der Waals surface area contributed by atoms with Crippen molar-refractivity contribution in [3.63, 3.8) is 0 Å². The summed E-state index contributed by atoms with van der Waals surface area (Å²) in [5.41, 5.74) is 0.287. The quantitative estimate of drug-likeness (QED) is 0.855. The van der Waals surface area contributed by atoms with Gasteiger partial charge in [-0.1, -0.05) is 12.1 Å². The molecule has 86 valence electrons. The van der Waals surface area contributed by atoms with E-state index in [9.17, 15) is 4.79 Å². The van der Waals surface area contributed by atoms with Crippen LogP contribution in [0.5, 0.6) is 0 Å². The lowest BCUT2D eigenvalue weighted by Gasteiger charge is -2.11. The normalized spacial score (nSPS) is 11.9. The van der Waals surface area contributed by atoms with E-state index in [0.29, 0.717) is 22.2 Å². The molecule has 0 aromatic carbocycles. The molecule has 6 heteroatoms. The van der Waals surface area contributed by atoms with E-state index in [1.54, 1.807) is 6.92 Å². The van der Waals surface area contributed by atoms with Crippen molar-refractivity contribution in [1.29, 1.82) is 5.26 Å². The van der Waals surface area contributed by atoms with Crippen molar-refractivity contribution < 1.29 is 9.32 Å². The molecule has 5 nitrogen and oxygen atoms in total. The van der Waals surface area contributed by atoms with Crippen molar-refractivity contribution >= 4 is 28.5 Å². The Morgan fingerprint density at radius 2 is 2.44 bits per heavy atom. The first-order valence-electron chi connectivity index (χ1n) is 4.89. The molecule has 0 radical (unpaired) electrons. The molecule has 1 aromatic heterocycles. The van der Waals surface area contributed by atoms with Crippen molar-refractivity contribution in [3.05, 3.63) is 15.0 Å². The maximum atomic E-state index is 11.8. The lowest BCUT2D eigenvalue weighted by atomic mass is 10.1. The summed E-state index contributed by atoms with van der Waals surface area (Å²) in [5, 5.41) is 15.0. The van der Waals surface area contributed by atoms with Gasteiger partial charge in [-0.25, -0.2) is 0 Å². The number of aryl methyl sites for hydroxylation is 1. The van der Waals surface area contributed by atoms with E-state index in [1.165, 1.54) is 0 Å². The zero-order chi connectivity index (χ0) is 12.1. The van der Waals surface area contributed by atoms with Gasteiger partial charge in [-0.2, -0.15) is 5.26 Å². The van der Waals surface area contributed by atoms with Crippen LogP contribution in [0.15, 0.2) is 4.52 Å². The minimum Gasteiger partial charge on any atom is -0.360 e. The first-order chi connectivity index (χ1) is 7.60. The van der Waals surface area contributed by atoms with Gasteiger partial charge in [0, 0.05) is 6.04 Å². The summed E-state index contributed by atoms with van der Waals surface area (Å²) in [6.45, 7) is 3.67. The molecular formula is C10H12IN3O2. The summed E-state index contributed by atoms with van der Waals surface area (Å²) in [5.74, 6) is 0.336. The highest BCUT2D eigenvalue weighted by Crippen LogP contribution is 2.15. The summed E-state index contributed by atoms with van der Waals surface area (Å²) in [7, 11) is 0. The topological polar surface area (TPSA) is 78.9 Å². The third-order valence-corrected chi connectivity index (χ3v) is 3.44. The van der Waals surface area contributed by atoms with Crippen molar-refractivity contribution in [1.82, 2.24) is 10.5 Å². The van der Waals surface area contributed by atoms with Crippen LogP contribution in [-0.4, -0.2) is 17.1 Å². The molecule has 1 heterocycles. The Kier molecular flexibility index (Phi) is 4.73. The fourth-order valence-corrected chi connectivity index (χ4v) is 1.61. The van der Waals surface area contributed by atoms with Crippen LogP contribution in [-0.2, 0) is 0 Å². The largest absolute Gasteiger partial charge is 0.360 e. The van der Waals surface area contributed by atoms with E-state index < -0.39 is 0 Å². The fourth-order valence-electron chi connectivity index (χ4n) is 1.16. The molecule has 0 aliphatic heterocycles. The van der Waals surface area contributed by atoms with Gasteiger partial charge in [0.15, 0.2) is 5.69 Å². The van der Waals surface area contributed by atoms with Crippen LogP contribution < -0.4 is 5.32 Å². The highest BCUT2D eigenvalue weighted by Gasteiger charge is 2.19. The molecule has 0 aliphatic carbocycles. The number of nitrogens with zero attached hydrogens (tertiary/aromatic N) is 2. The number of carbonyl (C=O) groups is 1. The molecule has 1 atom stereocenters. The number of hydrogen-bond acceptors (Lipinski definition) is 4. The Hall–Kier alpha value is -1.10. The Bertz CT molecular complexity index is 422. The highest BCUT2D eigenvalue weighted by molar-refractivity contribution is 14.1. The standard InChI is InChI=1S/C10H12IN3O2/c1-3-7(4-5-12)13-10(15)9-8(11)6(2)16-14-9/h7H,3-4H2,1-2H3,(H,13,15). The van der Waals surface area contributed by atoms with Crippen LogP contribution in [0, 0.1) is 21.8 Å². The number of nitrogens with one attached hydrogen (secondary N) is 1. The van der Waals surface area contributed by atoms with Gasteiger partial charge in [-0.3, -0.25) is 4.79 Å². The van der Waals surface area contributed by atoms with Gasteiger partial charge in [0.2, 0.25) is 0 Å². The Balaban J connectivity index is 2.72. The van der Waals surface area contributed by atoms with Crippen molar-refractivity contribution in [2.24, 2.45) is 0 Å². The number of amides is 1. The maximum absolute atomic E-state index is 11.8. The fraction of sp³-hybridized carbons (Fsp3) is 0.500. The van der Waals surface area contributed by atoms with Gasteiger partial charge in [-0.15, -0.1) is 0 Å². The smallest absolute Gasteiger partial charge is 0.274 e. The van der Waals surface area contributed by atoms with Crippen LogP contribution >= 0.6 is 22.6 Å². The summed E-state index contributed by atoms with van der Waals surface area (Å²) in [6.07, 6.45) is 1.02. The van der Waals surface area contributed by atoms with Crippen LogP contribution in [0.4, 0.5) is 0 Å². The predicted molar refractivity (Wildman–Crippen MR) is 65.7 cm³/mol. The van der Waals surface area contributed by atoms with Gasteiger partial charge in [0.25, 0.3) is 5.91 Å². The average Bonchev–Trinajstić information content (AvgIpc) is 2.59. The second-order valence-corrected chi connectivity index (χ2v) is 4.42. The highest BCUT2D eigenvalue weighted by atomic mass is 127. The maximum Gasteiger partial charge on any atom is 0.274 e. The van der Waals surface area contributed by atoms with Crippen molar-refractivity contribution in [3.8, 4) is 6.07 Å². The third kappa shape index (κ3) is 2.95. The van der Waals surface area contributed by atoms with E-state index in [1.807, 2.05) is 35.6 Å². The van der Waals surface area contributed by atoms with E-state index >= 15 is 0 Å². The van der Waals surface area contributed by atoms with Crippen LogP contribution in [0.2, 0.25) is 0 Å². The van der Waals surface area contributed by atoms with Crippen LogP contribution in [0.1, 0.15) is 36.0 Å². The summed E-state index contributed by atoms with van der Waals surface area (Å²) < 4.78 is 5.62. The molecule has 0 saturated heterocycles.